The van der Waals surface area contributed by atoms with Crippen LogP contribution in [0.5, 0.6) is 0 Å². The first-order valence-electron chi connectivity index (χ1n) is 6.03. The zero-order valence-electron chi connectivity index (χ0n) is 10.5. The Morgan fingerprint density at radius 2 is 2.00 bits per heavy atom. The van der Waals surface area contributed by atoms with Crippen molar-refractivity contribution in [3.8, 4) is 5.69 Å². The van der Waals surface area contributed by atoms with E-state index < -0.39 is 0 Å². The Morgan fingerprint density at radius 3 is 2.61 bits per heavy atom. The SMILES string of the molecule is CCc1nc(CC)n(-c2cc(F)cc(CO)c2)n1. The lowest BCUT2D eigenvalue weighted by molar-refractivity contribution is 0.281. The Kier molecular flexibility index (Phi) is 3.72. The molecule has 0 aliphatic carbocycles. The summed E-state index contributed by atoms with van der Waals surface area (Å²) in [7, 11) is 0. The Morgan fingerprint density at radius 1 is 1.22 bits per heavy atom. The van der Waals surface area contributed by atoms with Gasteiger partial charge in [-0.25, -0.2) is 14.1 Å². The van der Waals surface area contributed by atoms with Gasteiger partial charge < -0.3 is 5.11 Å². The number of halogens is 1. The van der Waals surface area contributed by atoms with E-state index >= 15 is 0 Å². The van der Waals surface area contributed by atoms with E-state index in [1.807, 2.05) is 13.8 Å². The highest BCUT2D eigenvalue weighted by Crippen LogP contribution is 2.15. The predicted molar refractivity (Wildman–Crippen MR) is 66.0 cm³/mol. The van der Waals surface area contributed by atoms with Gasteiger partial charge in [0.05, 0.1) is 12.3 Å². The van der Waals surface area contributed by atoms with Gasteiger partial charge in [-0.2, -0.15) is 5.10 Å². The number of aliphatic hydroxyl groups excluding tert-OH is 1. The van der Waals surface area contributed by atoms with E-state index in [0.29, 0.717) is 11.3 Å². The summed E-state index contributed by atoms with van der Waals surface area (Å²) < 4.78 is 15.1. The third kappa shape index (κ3) is 2.41. The molecule has 4 nitrogen and oxygen atoms in total. The molecule has 5 heteroatoms. The van der Waals surface area contributed by atoms with Crippen LogP contribution in [0.4, 0.5) is 4.39 Å². The lowest BCUT2D eigenvalue weighted by Crippen LogP contribution is -2.03. The summed E-state index contributed by atoms with van der Waals surface area (Å²) in [6, 6.07) is 4.43. The zero-order valence-corrected chi connectivity index (χ0v) is 10.5. The maximum absolute atomic E-state index is 13.5. The van der Waals surface area contributed by atoms with Crippen molar-refractivity contribution in [1.82, 2.24) is 14.8 Å². The molecule has 2 rings (SSSR count). The molecule has 0 amide bonds. The largest absolute Gasteiger partial charge is 0.392 e. The number of aliphatic hydroxyl groups is 1. The number of nitrogens with zero attached hydrogens (tertiary/aromatic N) is 3. The van der Waals surface area contributed by atoms with E-state index in [-0.39, 0.29) is 12.4 Å². The number of hydrogen-bond acceptors (Lipinski definition) is 3. The van der Waals surface area contributed by atoms with E-state index in [9.17, 15) is 4.39 Å². The molecule has 1 heterocycles. The van der Waals surface area contributed by atoms with Gasteiger partial charge in [0, 0.05) is 12.8 Å². The predicted octanol–water partition coefficient (Wildman–Crippen LogP) is 2.02. The van der Waals surface area contributed by atoms with Gasteiger partial charge >= 0.3 is 0 Å². The molecular formula is C13H16FN3O. The van der Waals surface area contributed by atoms with Crippen LogP contribution in [0.1, 0.15) is 31.1 Å². The fourth-order valence-electron chi connectivity index (χ4n) is 1.82. The van der Waals surface area contributed by atoms with Gasteiger partial charge in [-0.05, 0) is 23.8 Å². The Labute approximate surface area is 105 Å². The monoisotopic (exact) mass is 249 g/mol. The molecule has 96 valence electrons. The maximum Gasteiger partial charge on any atom is 0.151 e. The Bertz CT molecular complexity index is 551. The molecule has 0 aliphatic rings. The van der Waals surface area contributed by atoms with Crippen LogP contribution in [0, 0.1) is 5.82 Å². The van der Waals surface area contributed by atoms with Crippen LogP contribution in [0.25, 0.3) is 5.69 Å². The van der Waals surface area contributed by atoms with Crippen LogP contribution in [-0.2, 0) is 19.4 Å². The van der Waals surface area contributed by atoms with Crippen molar-refractivity contribution in [1.29, 1.82) is 0 Å². The molecule has 0 fully saturated rings. The molecule has 0 aliphatic heterocycles. The summed E-state index contributed by atoms with van der Waals surface area (Å²) in [6.07, 6.45) is 1.46. The molecule has 0 radical (unpaired) electrons. The smallest absolute Gasteiger partial charge is 0.151 e. The van der Waals surface area contributed by atoms with Crippen LogP contribution < -0.4 is 0 Å². The topological polar surface area (TPSA) is 50.9 Å². The second-order valence-corrected chi connectivity index (χ2v) is 4.04. The van der Waals surface area contributed by atoms with Crippen molar-refractivity contribution in [3.63, 3.8) is 0 Å². The molecule has 1 aromatic heterocycles. The highest BCUT2D eigenvalue weighted by atomic mass is 19.1. The van der Waals surface area contributed by atoms with Crippen LogP contribution >= 0.6 is 0 Å². The summed E-state index contributed by atoms with van der Waals surface area (Å²) in [5.74, 6) is 1.15. The molecule has 0 saturated carbocycles. The number of aromatic nitrogens is 3. The normalized spacial score (nSPS) is 10.9. The van der Waals surface area contributed by atoms with Crippen molar-refractivity contribution in [2.45, 2.75) is 33.3 Å². The summed E-state index contributed by atoms with van der Waals surface area (Å²) in [6.45, 7) is 3.76. The minimum atomic E-state index is -0.382. The highest BCUT2D eigenvalue weighted by Gasteiger charge is 2.10. The maximum atomic E-state index is 13.5. The molecule has 0 atom stereocenters. The van der Waals surface area contributed by atoms with Gasteiger partial charge in [0.15, 0.2) is 5.82 Å². The Hall–Kier alpha value is -1.75. The average molecular weight is 249 g/mol. The number of benzene rings is 1. The van der Waals surface area contributed by atoms with Gasteiger partial charge in [0.1, 0.15) is 11.6 Å². The van der Waals surface area contributed by atoms with Gasteiger partial charge in [-0.1, -0.05) is 13.8 Å². The van der Waals surface area contributed by atoms with Crippen molar-refractivity contribution in [2.75, 3.05) is 0 Å². The zero-order chi connectivity index (χ0) is 13.1. The minimum absolute atomic E-state index is 0.193. The van der Waals surface area contributed by atoms with Gasteiger partial charge in [-0.15, -0.1) is 0 Å². The third-order valence-corrected chi connectivity index (χ3v) is 2.72. The number of aryl methyl sites for hydroxylation is 2. The summed E-state index contributed by atoms with van der Waals surface area (Å²) >= 11 is 0. The Balaban J connectivity index is 2.53. The first-order valence-corrected chi connectivity index (χ1v) is 6.03. The molecule has 0 saturated heterocycles. The standard InChI is InChI=1S/C13H16FN3O/c1-3-12-15-13(4-2)17(16-12)11-6-9(8-18)5-10(14)7-11/h5-7,18H,3-4,8H2,1-2H3. The molecule has 1 aromatic carbocycles. The van der Waals surface area contributed by atoms with E-state index in [2.05, 4.69) is 10.1 Å². The average Bonchev–Trinajstić information content (AvgIpc) is 2.81. The molecule has 0 bridgehead atoms. The summed E-state index contributed by atoms with van der Waals surface area (Å²) in [4.78, 5) is 4.38. The van der Waals surface area contributed by atoms with Crippen molar-refractivity contribution >= 4 is 0 Å². The van der Waals surface area contributed by atoms with Crippen LogP contribution in [0.3, 0.4) is 0 Å². The lowest BCUT2D eigenvalue weighted by Gasteiger charge is -2.06. The molecule has 2 aromatic rings. The third-order valence-electron chi connectivity index (χ3n) is 2.72. The fraction of sp³-hybridized carbons (Fsp3) is 0.385. The first-order chi connectivity index (χ1) is 8.67. The molecule has 1 N–H and O–H groups in total. The van der Waals surface area contributed by atoms with Crippen LogP contribution in [-0.4, -0.2) is 19.9 Å². The molecule has 0 spiro atoms. The van der Waals surface area contributed by atoms with E-state index in [0.717, 1.165) is 24.5 Å². The highest BCUT2D eigenvalue weighted by molar-refractivity contribution is 5.36. The first kappa shape index (κ1) is 12.7. The quantitative estimate of drug-likeness (QED) is 0.902. The molecule has 18 heavy (non-hydrogen) atoms. The van der Waals surface area contributed by atoms with E-state index in [1.165, 1.54) is 12.1 Å². The number of rotatable bonds is 4. The molecular weight excluding hydrogens is 233 g/mol. The van der Waals surface area contributed by atoms with E-state index in [1.54, 1.807) is 10.7 Å². The molecule has 0 unspecified atom stereocenters. The second kappa shape index (κ2) is 5.27. The lowest BCUT2D eigenvalue weighted by atomic mass is 10.2. The second-order valence-electron chi connectivity index (χ2n) is 4.04. The number of hydrogen-bond donors (Lipinski definition) is 1. The van der Waals surface area contributed by atoms with Crippen molar-refractivity contribution in [2.24, 2.45) is 0 Å². The summed E-state index contributed by atoms with van der Waals surface area (Å²) in [5, 5.41) is 13.4. The van der Waals surface area contributed by atoms with Crippen LogP contribution in [0.15, 0.2) is 18.2 Å². The van der Waals surface area contributed by atoms with Crippen LogP contribution in [0.2, 0.25) is 0 Å². The van der Waals surface area contributed by atoms with Gasteiger partial charge in [0.2, 0.25) is 0 Å². The summed E-state index contributed by atoms with van der Waals surface area (Å²) in [5.41, 5.74) is 1.13. The van der Waals surface area contributed by atoms with Gasteiger partial charge in [-0.3, -0.25) is 0 Å². The van der Waals surface area contributed by atoms with Gasteiger partial charge in [0.25, 0.3) is 0 Å². The fourth-order valence-corrected chi connectivity index (χ4v) is 1.82. The van der Waals surface area contributed by atoms with Crippen molar-refractivity contribution in [3.05, 3.63) is 41.2 Å². The minimum Gasteiger partial charge on any atom is -0.392 e. The van der Waals surface area contributed by atoms with Crippen molar-refractivity contribution < 1.29 is 9.50 Å². The van der Waals surface area contributed by atoms with E-state index in [4.69, 9.17) is 5.11 Å².